The third-order valence-corrected chi connectivity index (χ3v) is 4.61. The highest BCUT2D eigenvalue weighted by atomic mass is 16.2. The van der Waals surface area contributed by atoms with Gasteiger partial charge >= 0.3 is 0 Å². The normalized spacial score (nSPS) is 20.7. The lowest BCUT2D eigenvalue weighted by molar-refractivity contribution is -0.115. The second kappa shape index (κ2) is 7.11. The van der Waals surface area contributed by atoms with E-state index in [9.17, 15) is 9.59 Å². The topological polar surface area (TPSA) is 98.4 Å². The highest BCUT2D eigenvalue weighted by molar-refractivity contribution is 6.18. The highest BCUT2D eigenvalue weighted by Gasteiger charge is 2.30. The van der Waals surface area contributed by atoms with Gasteiger partial charge in [0.05, 0.1) is 0 Å². The molecule has 0 spiro atoms. The van der Waals surface area contributed by atoms with Crippen molar-refractivity contribution in [3.63, 3.8) is 0 Å². The third-order valence-electron chi connectivity index (χ3n) is 4.61. The number of rotatable bonds is 3. The molecule has 138 valence electrons. The van der Waals surface area contributed by atoms with Crippen LogP contribution in [0.4, 0.5) is 0 Å². The van der Waals surface area contributed by atoms with Crippen LogP contribution in [0.5, 0.6) is 0 Å². The van der Waals surface area contributed by atoms with E-state index >= 15 is 0 Å². The molecule has 0 atom stereocenters. The molecule has 1 fully saturated rings. The second-order valence-corrected chi connectivity index (χ2v) is 6.51. The number of guanidine groups is 1. The van der Waals surface area contributed by atoms with Gasteiger partial charge in [0.1, 0.15) is 11.4 Å². The van der Waals surface area contributed by atoms with E-state index in [1.807, 2.05) is 43.3 Å². The number of H-pyrrole nitrogens is 1. The van der Waals surface area contributed by atoms with Gasteiger partial charge in [0.15, 0.2) is 0 Å². The summed E-state index contributed by atoms with van der Waals surface area (Å²) >= 11 is 0. The van der Waals surface area contributed by atoms with E-state index in [1.165, 1.54) is 0 Å². The molecule has 7 nitrogen and oxygen atoms in total. The molecule has 0 radical (unpaired) electrons. The fraction of sp³-hybridized carbons (Fsp3) is 0.250. The number of aliphatic imine (C=N–C) groups is 1. The van der Waals surface area contributed by atoms with Crippen molar-refractivity contribution in [2.75, 3.05) is 13.1 Å². The monoisotopic (exact) mass is 363 g/mol. The first kappa shape index (κ1) is 17.1. The maximum absolute atomic E-state index is 12.5. The Morgan fingerprint density at radius 2 is 1.89 bits per heavy atom. The number of benzene rings is 1. The number of carbonyl (C=O) groups excluding carboxylic acids is 2. The van der Waals surface area contributed by atoms with Gasteiger partial charge in [-0.15, -0.1) is 0 Å². The van der Waals surface area contributed by atoms with E-state index in [0.717, 1.165) is 28.8 Å². The molecule has 1 aromatic carbocycles. The molecule has 27 heavy (non-hydrogen) atoms. The number of carbonyl (C=O) groups is 2. The maximum atomic E-state index is 12.5. The van der Waals surface area contributed by atoms with Gasteiger partial charge in [0, 0.05) is 24.3 Å². The quantitative estimate of drug-likeness (QED) is 0.628. The largest absolute Gasteiger partial charge is 0.350 e. The summed E-state index contributed by atoms with van der Waals surface area (Å²) in [6, 6.07) is 11.7. The highest BCUT2D eigenvalue weighted by Crippen LogP contribution is 2.32. The van der Waals surface area contributed by atoms with Crippen LogP contribution < -0.4 is 16.0 Å². The van der Waals surface area contributed by atoms with Crippen molar-refractivity contribution in [1.82, 2.24) is 20.9 Å². The van der Waals surface area contributed by atoms with Crippen molar-refractivity contribution in [1.29, 1.82) is 0 Å². The molecule has 7 heteroatoms. The average molecular weight is 363 g/mol. The minimum atomic E-state index is -0.220. The number of aromatic amines is 1. The minimum absolute atomic E-state index is 0.166. The Morgan fingerprint density at radius 3 is 2.67 bits per heavy atom. The second-order valence-electron chi connectivity index (χ2n) is 6.51. The van der Waals surface area contributed by atoms with Crippen molar-refractivity contribution in [2.24, 2.45) is 4.99 Å². The summed E-state index contributed by atoms with van der Waals surface area (Å²) in [6.07, 6.45) is 1.45. The third kappa shape index (κ3) is 3.23. The summed E-state index contributed by atoms with van der Waals surface area (Å²) in [5, 5.41) is 8.74. The van der Waals surface area contributed by atoms with Gasteiger partial charge in [-0.1, -0.05) is 37.3 Å². The molecule has 2 aromatic rings. The first-order valence-corrected chi connectivity index (χ1v) is 9.10. The van der Waals surface area contributed by atoms with Gasteiger partial charge in [-0.3, -0.25) is 19.9 Å². The van der Waals surface area contributed by atoms with Crippen LogP contribution in [0.1, 0.15) is 35.8 Å². The Morgan fingerprint density at radius 1 is 1.07 bits per heavy atom. The van der Waals surface area contributed by atoms with Crippen LogP contribution >= 0.6 is 0 Å². The number of nitrogens with zero attached hydrogens (tertiary/aromatic N) is 1. The number of fused-ring (bicyclic) bond motifs is 1. The Labute approximate surface area is 157 Å². The fourth-order valence-electron chi connectivity index (χ4n) is 3.32. The van der Waals surface area contributed by atoms with Crippen LogP contribution in [0, 0.1) is 0 Å². The molecule has 4 N–H and O–H groups in total. The zero-order chi connectivity index (χ0) is 18.8. The lowest BCUT2D eigenvalue weighted by Crippen LogP contribution is -2.25. The van der Waals surface area contributed by atoms with Crippen molar-refractivity contribution in [3.05, 3.63) is 53.4 Å². The SMILES string of the molecule is CCCN=C1NC(=O)/C(=C2\CCNC(=O)c3[nH]c(-c4ccccc4)cc32)N1. The Kier molecular flexibility index (Phi) is 4.50. The smallest absolute Gasteiger partial charge is 0.274 e. The fourth-order valence-corrected chi connectivity index (χ4v) is 3.32. The van der Waals surface area contributed by atoms with E-state index in [0.29, 0.717) is 36.9 Å². The Balaban J connectivity index is 1.80. The molecule has 3 heterocycles. The van der Waals surface area contributed by atoms with Gasteiger partial charge < -0.3 is 15.6 Å². The molecule has 4 rings (SSSR count). The number of nitrogens with one attached hydrogen (secondary N) is 4. The molecule has 1 saturated heterocycles. The maximum Gasteiger partial charge on any atom is 0.274 e. The number of hydrogen-bond donors (Lipinski definition) is 4. The molecule has 1 aromatic heterocycles. The summed E-state index contributed by atoms with van der Waals surface area (Å²) in [5.74, 6) is 0.0805. The van der Waals surface area contributed by atoms with Gasteiger partial charge in [-0.05, 0) is 30.0 Å². The van der Waals surface area contributed by atoms with Crippen molar-refractivity contribution in [3.8, 4) is 11.3 Å². The Bertz CT molecular complexity index is 956. The molecule has 0 aliphatic carbocycles. The van der Waals surface area contributed by atoms with E-state index < -0.39 is 0 Å². The average Bonchev–Trinajstić information content (AvgIpc) is 3.25. The van der Waals surface area contributed by atoms with Crippen molar-refractivity contribution >= 4 is 23.3 Å². The summed E-state index contributed by atoms with van der Waals surface area (Å²) in [4.78, 5) is 32.5. The van der Waals surface area contributed by atoms with E-state index in [4.69, 9.17) is 0 Å². The molecule has 2 amide bonds. The molecule has 2 aliphatic heterocycles. The summed E-state index contributed by atoms with van der Waals surface area (Å²) < 4.78 is 0. The zero-order valence-electron chi connectivity index (χ0n) is 15.1. The van der Waals surface area contributed by atoms with Crippen LogP contribution in [0.25, 0.3) is 16.8 Å². The standard InChI is InChI=1S/C20H21N5O2/c1-2-9-22-20-24-16(19(27)25-20)13-8-10-21-18(26)17-14(13)11-15(23-17)12-6-4-3-5-7-12/h3-7,11,23H,2,8-10H2,1H3,(H,21,26)(H2,22,24,25,27)/b16-13-. The molecule has 0 saturated carbocycles. The number of aromatic nitrogens is 1. The van der Waals surface area contributed by atoms with Crippen molar-refractivity contribution in [2.45, 2.75) is 19.8 Å². The molecular weight excluding hydrogens is 342 g/mol. The van der Waals surface area contributed by atoms with Crippen molar-refractivity contribution < 1.29 is 9.59 Å². The van der Waals surface area contributed by atoms with Crippen LogP contribution in [0.2, 0.25) is 0 Å². The molecule has 2 aliphatic rings. The molecule has 0 bridgehead atoms. The summed E-state index contributed by atoms with van der Waals surface area (Å²) in [5.41, 5.74) is 4.31. The minimum Gasteiger partial charge on any atom is -0.350 e. The van der Waals surface area contributed by atoms with E-state index in [-0.39, 0.29) is 11.8 Å². The first-order valence-electron chi connectivity index (χ1n) is 9.10. The zero-order valence-corrected chi connectivity index (χ0v) is 15.1. The first-order chi connectivity index (χ1) is 13.2. The lowest BCUT2D eigenvalue weighted by atomic mass is 10.0. The Hall–Kier alpha value is -3.35. The van der Waals surface area contributed by atoms with Gasteiger partial charge in [0.25, 0.3) is 11.8 Å². The molecule has 0 unspecified atom stereocenters. The van der Waals surface area contributed by atoms with E-state index in [2.05, 4.69) is 25.9 Å². The predicted octanol–water partition coefficient (Wildman–Crippen LogP) is 2.01. The van der Waals surface area contributed by atoms with Gasteiger partial charge in [0.2, 0.25) is 5.96 Å². The summed E-state index contributed by atoms with van der Waals surface area (Å²) in [6.45, 7) is 3.13. The van der Waals surface area contributed by atoms with Gasteiger partial charge in [-0.25, -0.2) is 0 Å². The lowest BCUT2D eigenvalue weighted by Gasteiger charge is -2.06. The number of amides is 2. The van der Waals surface area contributed by atoms with Crippen LogP contribution in [0.15, 0.2) is 47.1 Å². The molecular formula is C20H21N5O2. The van der Waals surface area contributed by atoms with E-state index in [1.54, 1.807) is 0 Å². The summed E-state index contributed by atoms with van der Waals surface area (Å²) in [7, 11) is 0. The predicted molar refractivity (Wildman–Crippen MR) is 104 cm³/mol. The van der Waals surface area contributed by atoms with Crippen LogP contribution in [0.3, 0.4) is 0 Å². The van der Waals surface area contributed by atoms with Crippen LogP contribution in [-0.4, -0.2) is 35.8 Å². The van der Waals surface area contributed by atoms with Crippen LogP contribution in [-0.2, 0) is 4.79 Å². The van der Waals surface area contributed by atoms with Gasteiger partial charge in [-0.2, -0.15) is 0 Å². The number of hydrogen-bond acceptors (Lipinski definition) is 3.